The van der Waals surface area contributed by atoms with E-state index in [1.54, 1.807) is 11.8 Å². The number of thioether (sulfide) groups is 1. The van der Waals surface area contributed by atoms with Gasteiger partial charge < -0.3 is 4.74 Å². The average Bonchev–Trinajstić information content (AvgIpc) is 2.61. The van der Waals surface area contributed by atoms with Crippen LogP contribution in [0.1, 0.15) is 17.7 Å². The molecule has 0 fully saturated rings. The van der Waals surface area contributed by atoms with E-state index in [0.717, 1.165) is 16.7 Å². The standard InChI is InChI=1S/C18H20O3S2/c1-13(23(20)12-18(19)21-2)14-4-6-15(7-5-14)16-8-10-17(22-3)11-9-16/h4-11,13H,12H2,1-3H3. The highest BCUT2D eigenvalue weighted by Gasteiger charge is 2.17. The molecular formula is C18H20O3S2. The first-order valence-corrected chi connectivity index (χ1v) is 9.84. The zero-order valence-corrected chi connectivity index (χ0v) is 15.1. The topological polar surface area (TPSA) is 43.4 Å². The van der Waals surface area contributed by atoms with Crippen LogP contribution in [0.5, 0.6) is 0 Å². The molecule has 3 nitrogen and oxygen atoms in total. The molecule has 0 bridgehead atoms. The molecule has 0 aliphatic rings. The van der Waals surface area contributed by atoms with Crippen molar-refractivity contribution in [1.29, 1.82) is 0 Å². The van der Waals surface area contributed by atoms with Crippen LogP contribution in [0.25, 0.3) is 11.1 Å². The second-order valence-electron chi connectivity index (χ2n) is 5.09. The molecule has 0 N–H and O–H groups in total. The van der Waals surface area contributed by atoms with E-state index in [9.17, 15) is 9.00 Å². The third-order valence-electron chi connectivity index (χ3n) is 3.69. The number of benzene rings is 2. The van der Waals surface area contributed by atoms with Gasteiger partial charge in [-0.05, 0) is 42.0 Å². The van der Waals surface area contributed by atoms with E-state index in [1.165, 1.54) is 12.0 Å². The monoisotopic (exact) mass is 348 g/mol. The summed E-state index contributed by atoms with van der Waals surface area (Å²) in [5.74, 6) is -0.518. The van der Waals surface area contributed by atoms with Crippen LogP contribution >= 0.6 is 11.8 Å². The van der Waals surface area contributed by atoms with Gasteiger partial charge in [0.15, 0.2) is 0 Å². The molecule has 0 aliphatic carbocycles. The number of esters is 1. The molecule has 0 aromatic heterocycles. The Balaban J connectivity index is 2.11. The fourth-order valence-electron chi connectivity index (χ4n) is 2.18. The quantitative estimate of drug-likeness (QED) is 0.583. The Hall–Kier alpha value is -1.59. The van der Waals surface area contributed by atoms with Crippen molar-refractivity contribution in [2.45, 2.75) is 17.1 Å². The Bertz CT molecular complexity index is 678. The molecule has 2 rings (SSSR count). The lowest BCUT2D eigenvalue weighted by Crippen LogP contribution is -2.16. The lowest BCUT2D eigenvalue weighted by molar-refractivity contribution is -0.137. The first kappa shape index (κ1) is 17.8. The second kappa shape index (κ2) is 8.31. The van der Waals surface area contributed by atoms with Crippen LogP contribution < -0.4 is 0 Å². The van der Waals surface area contributed by atoms with Crippen LogP contribution in [0.2, 0.25) is 0 Å². The van der Waals surface area contributed by atoms with Gasteiger partial charge in [0.25, 0.3) is 0 Å². The van der Waals surface area contributed by atoms with Crippen molar-refractivity contribution < 1.29 is 13.7 Å². The summed E-state index contributed by atoms with van der Waals surface area (Å²) in [6.07, 6.45) is 2.06. The number of ether oxygens (including phenoxy) is 1. The lowest BCUT2D eigenvalue weighted by atomic mass is 10.0. The summed E-state index contributed by atoms with van der Waals surface area (Å²) < 4.78 is 16.7. The molecule has 0 radical (unpaired) electrons. The molecule has 2 aromatic carbocycles. The lowest BCUT2D eigenvalue weighted by Gasteiger charge is -2.12. The molecule has 2 aromatic rings. The minimum absolute atomic E-state index is 0.0738. The van der Waals surface area contributed by atoms with Crippen molar-refractivity contribution >= 4 is 28.5 Å². The van der Waals surface area contributed by atoms with E-state index in [1.807, 2.05) is 31.2 Å². The molecule has 2 atom stereocenters. The molecule has 23 heavy (non-hydrogen) atoms. The summed E-state index contributed by atoms with van der Waals surface area (Å²) in [4.78, 5) is 12.5. The summed E-state index contributed by atoms with van der Waals surface area (Å²) in [5.41, 5.74) is 3.22. The zero-order chi connectivity index (χ0) is 16.8. The highest BCUT2D eigenvalue weighted by atomic mass is 32.2. The molecule has 0 amide bonds. The molecule has 122 valence electrons. The molecule has 0 saturated heterocycles. The van der Waals surface area contributed by atoms with Gasteiger partial charge >= 0.3 is 5.97 Å². The van der Waals surface area contributed by atoms with Gasteiger partial charge in [0, 0.05) is 15.7 Å². The van der Waals surface area contributed by atoms with Crippen molar-refractivity contribution in [1.82, 2.24) is 0 Å². The van der Waals surface area contributed by atoms with Crippen molar-refractivity contribution in [2.24, 2.45) is 0 Å². The van der Waals surface area contributed by atoms with E-state index >= 15 is 0 Å². The number of methoxy groups -OCH3 is 1. The molecule has 0 heterocycles. The Kier molecular flexibility index (Phi) is 6.42. The Morgan fingerprint density at radius 2 is 1.61 bits per heavy atom. The highest BCUT2D eigenvalue weighted by molar-refractivity contribution is 7.98. The number of carbonyl (C=O) groups is 1. The van der Waals surface area contributed by atoms with Crippen molar-refractivity contribution in [3.63, 3.8) is 0 Å². The number of rotatable bonds is 6. The Morgan fingerprint density at radius 3 is 2.09 bits per heavy atom. The van der Waals surface area contributed by atoms with Gasteiger partial charge in [-0.25, -0.2) is 0 Å². The van der Waals surface area contributed by atoms with Crippen LogP contribution in [0, 0.1) is 0 Å². The van der Waals surface area contributed by atoms with Crippen molar-refractivity contribution in [3.05, 3.63) is 54.1 Å². The van der Waals surface area contributed by atoms with Crippen LogP contribution in [0.3, 0.4) is 0 Å². The van der Waals surface area contributed by atoms with Gasteiger partial charge in [-0.2, -0.15) is 0 Å². The minimum Gasteiger partial charge on any atom is -0.468 e. The largest absolute Gasteiger partial charge is 0.468 e. The third kappa shape index (κ3) is 4.69. The molecule has 2 unspecified atom stereocenters. The fraction of sp³-hybridized carbons (Fsp3) is 0.278. The van der Waals surface area contributed by atoms with E-state index in [0.29, 0.717) is 0 Å². The fourth-order valence-corrected chi connectivity index (χ4v) is 3.65. The summed E-state index contributed by atoms with van der Waals surface area (Å²) in [7, 11) is 0.0284. The van der Waals surface area contributed by atoms with E-state index < -0.39 is 16.8 Å². The normalized spacial score (nSPS) is 13.3. The van der Waals surface area contributed by atoms with E-state index in [-0.39, 0.29) is 11.0 Å². The number of hydrogen-bond donors (Lipinski definition) is 0. The van der Waals surface area contributed by atoms with E-state index in [4.69, 9.17) is 0 Å². The molecular weight excluding hydrogens is 328 g/mol. The molecule has 5 heteroatoms. The second-order valence-corrected chi connectivity index (χ2v) is 7.73. The van der Waals surface area contributed by atoms with Crippen LogP contribution in [-0.4, -0.2) is 29.3 Å². The summed E-state index contributed by atoms with van der Waals surface area (Å²) in [6.45, 7) is 1.86. The predicted octanol–water partition coefficient (Wildman–Crippen LogP) is 4.06. The van der Waals surface area contributed by atoms with Crippen molar-refractivity contribution in [2.75, 3.05) is 19.1 Å². The first-order valence-electron chi connectivity index (χ1n) is 7.23. The van der Waals surface area contributed by atoms with Crippen LogP contribution in [-0.2, 0) is 20.3 Å². The molecule has 0 spiro atoms. The van der Waals surface area contributed by atoms with Gasteiger partial charge in [0.05, 0.1) is 12.4 Å². The Labute approximate surface area is 143 Å². The van der Waals surface area contributed by atoms with Gasteiger partial charge in [-0.1, -0.05) is 36.4 Å². The minimum atomic E-state index is -1.28. The van der Waals surface area contributed by atoms with Crippen LogP contribution in [0.4, 0.5) is 0 Å². The van der Waals surface area contributed by atoms with Crippen LogP contribution in [0.15, 0.2) is 53.4 Å². The number of hydrogen-bond acceptors (Lipinski definition) is 4. The maximum atomic E-state index is 12.1. The number of carbonyl (C=O) groups excluding carboxylic acids is 1. The molecule has 0 saturated carbocycles. The SMILES string of the molecule is COC(=O)CS(=O)C(C)c1ccc(-c2ccc(SC)cc2)cc1. The van der Waals surface area contributed by atoms with Gasteiger partial charge in [0.1, 0.15) is 5.75 Å². The van der Waals surface area contributed by atoms with Gasteiger partial charge in [-0.3, -0.25) is 9.00 Å². The maximum absolute atomic E-state index is 12.1. The third-order valence-corrected chi connectivity index (χ3v) is 6.01. The highest BCUT2D eigenvalue weighted by Crippen LogP contribution is 2.26. The zero-order valence-electron chi connectivity index (χ0n) is 13.4. The summed E-state index contributed by atoms with van der Waals surface area (Å²) in [6, 6.07) is 16.4. The summed E-state index contributed by atoms with van der Waals surface area (Å²) in [5, 5.41) is -0.206. The van der Waals surface area contributed by atoms with Crippen molar-refractivity contribution in [3.8, 4) is 11.1 Å². The Morgan fingerprint density at radius 1 is 1.09 bits per heavy atom. The van der Waals surface area contributed by atoms with E-state index in [2.05, 4.69) is 35.3 Å². The molecule has 0 aliphatic heterocycles. The summed E-state index contributed by atoms with van der Waals surface area (Å²) >= 11 is 1.72. The first-order chi connectivity index (χ1) is 11.0. The van der Waals surface area contributed by atoms with Gasteiger partial charge in [0.2, 0.25) is 0 Å². The maximum Gasteiger partial charge on any atom is 0.318 e. The van der Waals surface area contributed by atoms with Gasteiger partial charge in [-0.15, -0.1) is 11.8 Å². The average molecular weight is 348 g/mol. The smallest absolute Gasteiger partial charge is 0.318 e. The predicted molar refractivity (Wildman–Crippen MR) is 97.1 cm³/mol.